The van der Waals surface area contributed by atoms with Crippen LogP contribution in [0.15, 0.2) is 53.7 Å². The van der Waals surface area contributed by atoms with Gasteiger partial charge in [-0.2, -0.15) is 0 Å². The van der Waals surface area contributed by atoms with Crippen molar-refractivity contribution < 1.29 is 28.6 Å². The van der Waals surface area contributed by atoms with Crippen LogP contribution in [-0.4, -0.2) is 58.6 Å². The molecule has 0 saturated heterocycles. The van der Waals surface area contributed by atoms with Crippen molar-refractivity contribution in [3.63, 3.8) is 0 Å². The molecule has 2 amide bonds. The lowest BCUT2D eigenvalue weighted by Crippen LogP contribution is -2.26. The summed E-state index contributed by atoms with van der Waals surface area (Å²) in [7, 11) is 3.05. The van der Waals surface area contributed by atoms with E-state index in [-0.39, 0.29) is 25.0 Å². The van der Waals surface area contributed by atoms with Crippen molar-refractivity contribution in [2.45, 2.75) is 69.4 Å². The van der Waals surface area contributed by atoms with Crippen molar-refractivity contribution in [1.29, 1.82) is 0 Å². The number of methoxy groups -OCH3 is 2. The van der Waals surface area contributed by atoms with Crippen molar-refractivity contribution in [3.8, 4) is 11.5 Å². The number of aromatic nitrogens is 3. The van der Waals surface area contributed by atoms with Gasteiger partial charge in [-0.15, -0.1) is 21.5 Å². The number of hydrogen-bond donors (Lipinski definition) is 2. The summed E-state index contributed by atoms with van der Waals surface area (Å²) in [6.07, 6.45) is 4.46. The Morgan fingerprint density at radius 1 is 1.02 bits per heavy atom. The van der Waals surface area contributed by atoms with Gasteiger partial charge in [0.15, 0.2) is 22.5 Å². The van der Waals surface area contributed by atoms with E-state index in [1.54, 1.807) is 32.0 Å². The number of amides is 2. The van der Waals surface area contributed by atoms with E-state index in [0.29, 0.717) is 51.6 Å². The molecule has 1 aliphatic carbocycles. The van der Waals surface area contributed by atoms with E-state index in [9.17, 15) is 14.4 Å². The zero-order chi connectivity index (χ0) is 33.3. The van der Waals surface area contributed by atoms with Gasteiger partial charge in [0.05, 0.1) is 38.2 Å². The van der Waals surface area contributed by atoms with E-state index in [1.807, 2.05) is 34.9 Å². The number of aryl methyl sites for hydroxylation is 2. The first-order valence-corrected chi connectivity index (χ1v) is 17.3. The smallest absolute Gasteiger partial charge is 0.341 e. The van der Waals surface area contributed by atoms with E-state index < -0.39 is 11.2 Å². The van der Waals surface area contributed by atoms with Crippen molar-refractivity contribution in [2.75, 3.05) is 26.1 Å². The second-order valence-corrected chi connectivity index (χ2v) is 13.3. The normalized spacial score (nSPS) is 12.9. The minimum Gasteiger partial charge on any atom is -0.493 e. The summed E-state index contributed by atoms with van der Waals surface area (Å²) in [4.78, 5) is 40.6. The number of ether oxygens (including phenoxy) is 3. The Bertz CT molecular complexity index is 1720. The predicted molar refractivity (Wildman–Crippen MR) is 182 cm³/mol. The molecule has 2 heterocycles. The molecule has 2 aromatic carbocycles. The van der Waals surface area contributed by atoms with Crippen molar-refractivity contribution in [1.82, 2.24) is 20.1 Å². The predicted octanol–water partition coefficient (Wildman–Crippen LogP) is 5.70. The molecular weight excluding hydrogens is 639 g/mol. The number of anilines is 1. The lowest BCUT2D eigenvalue weighted by atomic mass is 9.95. The van der Waals surface area contributed by atoms with Gasteiger partial charge in [0, 0.05) is 17.0 Å². The SMILES string of the molecule is CCOC(=O)c1c(NC(=O)C(C)Sc2nnc(CNC(=O)c3ccc(OC)c(OC)c3)n2CCc2ccccc2)sc2c1CCCC2. The van der Waals surface area contributed by atoms with Crippen LogP contribution >= 0.6 is 23.1 Å². The summed E-state index contributed by atoms with van der Waals surface area (Å²) in [5.74, 6) is 0.583. The van der Waals surface area contributed by atoms with Crippen molar-refractivity contribution in [3.05, 3.63) is 81.5 Å². The number of thioether (sulfide) groups is 1. The number of nitrogens with zero attached hydrogens (tertiary/aromatic N) is 3. The molecule has 13 heteroatoms. The third-order valence-corrected chi connectivity index (χ3v) is 10.1. The number of nitrogens with one attached hydrogen (secondary N) is 2. The summed E-state index contributed by atoms with van der Waals surface area (Å²) >= 11 is 2.74. The summed E-state index contributed by atoms with van der Waals surface area (Å²) < 4.78 is 17.9. The lowest BCUT2D eigenvalue weighted by molar-refractivity contribution is -0.115. The van der Waals surface area contributed by atoms with Crippen LogP contribution in [0.5, 0.6) is 11.5 Å². The van der Waals surface area contributed by atoms with Gasteiger partial charge in [0.2, 0.25) is 5.91 Å². The third-order valence-electron chi connectivity index (χ3n) is 7.85. The Morgan fingerprint density at radius 2 is 1.79 bits per heavy atom. The van der Waals surface area contributed by atoms with Crippen LogP contribution in [0.3, 0.4) is 0 Å². The first-order valence-electron chi connectivity index (χ1n) is 15.6. The monoisotopic (exact) mass is 677 g/mol. The second-order valence-electron chi connectivity index (χ2n) is 10.9. The maximum Gasteiger partial charge on any atom is 0.341 e. The molecule has 11 nitrogen and oxygen atoms in total. The van der Waals surface area contributed by atoms with Crippen LogP contribution in [0.25, 0.3) is 0 Å². The largest absolute Gasteiger partial charge is 0.493 e. The van der Waals surface area contributed by atoms with Crippen molar-refractivity contribution in [2.24, 2.45) is 0 Å². The summed E-state index contributed by atoms with van der Waals surface area (Å²) in [5.41, 5.74) is 3.03. The fourth-order valence-corrected chi connectivity index (χ4v) is 7.56. The maximum absolute atomic E-state index is 13.5. The molecule has 0 fully saturated rings. The summed E-state index contributed by atoms with van der Waals surface area (Å²) in [6.45, 7) is 4.50. The minimum absolute atomic E-state index is 0.125. The topological polar surface area (TPSA) is 134 Å². The number of rotatable bonds is 14. The van der Waals surface area contributed by atoms with Gasteiger partial charge in [-0.3, -0.25) is 9.59 Å². The minimum atomic E-state index is -0.557. The van der Waals surface area contributed by atoms with Gasteiger partial charge in [0.25, 0.3) is 5.91 Å². The molecule has 47 heavy (non-hydrogen) atoms. The number of esters is 1. The van der Waals surface area contributed by atoms with E-state index in [1.165, 1.54) is 37.3 Å². The van der Waals surface area contributed by atoms with Gasteiger partial charge < -0.3 is 29.4 Å². The molecule has 0 bridgehead atoms. The molecule has 5 rings (SSSR count). The van der Waals surface area contributed by atoms with E-state index in [2.05, 4.69) is 20.8 Å². The molecule has 0 saturated carbocycles. The Morgan fingerprint density at radius 3 is 2.53 bits per heavy atom. The highest BCUT2D eigenvalue weighted by molar-refractivity contribution is 8.00. The molecular formula is C34H39N5O6S2. The number of thiophene rings is 1. The van der Waals surface area contributed by atoms with Crippen LogP contribution in [0.1, 0.15) is 69.2 Å². The molecule has 248 valence electrons. The first kappa shape index (κ1) is 34.0. The number of hydrogen-bond acceptors (Lipinski definition) is 10. The second kappa shape index (κ2) is 16.0. The zero-order valence-electron chi connectivity index (χ0n) is 27.0. The van der Waals surface area contributed by atoms with Crippen LogP contribution in [-0.2, 0) is 41.9 Å². The lowest BCUT2D eigenvalue weighted by Gasteiger charge is -2.15. The highest BCUT2D eigenvalue weighted by Gasteiger charge is 2.29. The average molecular weight is 678 g/mol. The standard InChI is InChI=1S/C34H39N5O6S2/c1-5-45-33(42)29-24-13-9-10-14-27(24)47-32(29)36-30(40)21(2)46-34-38-37-28(39(34)18-17-22-11-7-6-8-12-22)20-35-31(41)23-15-16-25(43-3)26(19-23)44-4/h6-8,11-12,15-16,19,21H,5,9-10,13-14,17-18,20H2,1-4H3,(H,35,41)(H,36,40). The molecule has 0 aliphatic heterocycles. The third kappa shape index (κ3) is 8.14. The molecule has 4 aromatic rings. The van der Waals surface area contributed by atoms with E-state index in [0.717, 1.165) is 41.7 Å². The number of benzene rings is 2. The number of fused-ring (bicyclic) bond motifs is 1. The highest BCUT2D eigenvalue weighted by atomic mass is 32.2. The van der Waals surface area contributed by atoms with Crippen LogP contribution in [0.4, 0.5) is 5.00 Å². The van der Waals surface area contributed by atoms with E-state index >= 15 is 0 Å². The Kier molecular flexibility index (Phi) is 11.5. The zero-order valence-corrected chi connectivity index (χ0v) is 28.6. The number of carbonyl (C=O) groups excluding carboxylic acids is 3. The van der Waals surface area contributed by atoms with Crippen LogP contribution in [0.2, 0.25) is 0 Å². The fourth-order valence-electron chi connectivity index (χ4n) is 5.38. The maximum atomic E-state index is 13.5. The molecule has 0 spiro atoms. The van der Waals surface area contributed by atoms with Gasteiger partial charge in [-0.25, -0.2) is 4.79 Å². The molecule has 0 radical (unpaired) electrons. The van der Waals surface area contributed by atoms with E-state index in [4.69, 9.17) is 14.2 Å². The Balaban J connectivity index is 1.32. The highest BCUT2D eigenvalue weighted by Crippen LogP contribution is 2.39. The summed E-state index contributed by atoms with van der Waals surface area (Å²) in [6, 6.07) is 15.0. The molecule has 1 unspecified atom stereocenters. The van der Waals surface area contributed by atoms with Crippen LogP contribution in [0, 0.1) is 0 Å². The van der Waals surface area contributed by atoms with Gasteiger partial charge in [-0.05, 0) is 75.3 Å². The summed E-state index contributed by atoms with van der Waals surface area (Å²) in [5, 5.41) is 15.3. The first-order chi connectivity index (χ1) is 22.8. The fraction of sp³-hybridized carbons (Fsp3) is 0.382. The van der Waals surface area contributed by atoms with Gasteiger partial charge in [0.1, 0.15) is 5.00 Å². The number of carbonyl (C=O) groups is 3. The molecule has 2 aromatic heterocycles. The van der Waals surface area contributed by atoms with Crippen LogP contribution < -0.4 is 20.1 Å². The molecule has 2 N–H and O–H groups in total. The average Bonchev–Trinajstić information content (AvgIpc) is 3.66. The molecule has 1 atom stereocenters. The van der Waals surface area contributed by atoms with Gasteiger partial charge >= 0.3 is 5.97 Å². The Hall–Kier alpha value is -4.36. The van der Waals surface area contributed by atoms with Crippen molar-refractivity contribution >= 4 is 45.9 Å². The molecule has 1 aliphatic rings. The quantitative estimate of drug-likeness (QED) is 0.127. The Labute approximate surface area is 282 Å². The van der Waals surface area contributed by atoms with Gasteiger partial charge in [-0.1, -0.05) is 42.1 Å².